The molecule has 10 bridgehead atoms. The monoisotopic (exact) mass is 599 g/mol. The molecule has 6 rings (SSSR count). The van der Waals surface area contributed by atoms with Crippen molar-refractivity contribution in [3.63, 3.8) is 0 Å². The SMILES string of the molecule is CCC1=C(C)c2nc1cc1[nH]c(cc3[nH]c(cc4[nH]c(cc5nc2C(C)=C5CC)c(CC)c4C)c(CC)c3CC)c(C)c1CC. The summed E-state index contributed by atoms with van der Waals surface area (Å²) >= 11 is 0. The third-order valence-corrected chi connectivity index (χ3v) is 10.4. The third kappa shape index (κ3) is 4.92. The van der Waals surface area contributed by atoms with Crippen molar-refractivity contribution in [3.05, 3.63) is 80.4 Å². The highest BCUT2D eigenvalue weighted by atomic mass is 14.8. The van der Waals surface area contributed by atoms with Crippen LogP contribution in [0.1, 0.15) is 124 Å². The molecule has 0 atom stereocenters. The molecule has 234 valence electrons. The molecule has 0 radical (unpaired) electrons. The van der Waals surface area contributed by atoms with E-state index in [9.17, 15) is 0 Å². The Labute approximate surface area is 268 Å². The highest BCUT2D eigenvalue weighted by Crippen LogP contribution is 2.40. The molecule has 0 spiro atoms. The second-order valence-electron chi connectivity index (χ2n) is 12.6. The molecule has 0 unspecified atom stereocenters. The molecule has 0 saturated heterocycles. The number of hydrogen-bond donors (Lipinski definition) is 3. The Morgan fingerprint density at radius 1 is 0.422 bits per heavy atom. The quantitative estimate of drug-likeness (QED) is 0.206. The zero-order valence-electron chi connectivity index (χ0n) is 28.9. The fraction of sp³-hybridized carbons (Fsp3) is 0.400. The van der Waals surface area contributed by atoms with Crippen LogP contribution in [0.4, 0.5) is 0 Å². The van der Waals surface area contributed by atoms with Crippen LogP contribution >= 0.6 is 0 Å². The summed E-state index contributed by atoms with van der Waals surface area (Å²) in [6.45, 7) is 22.5. The summed E-state index contributed by atoms with van der Waals surface area (Å²) < 4.78 is 0. The number of rotatable bonds is 6. The summed E-state index contributed by atoms with van der Waals surface area (Å²) in [6.07, 6.45) is 5.72. The van der Waals surface area contributed by atoms with Gasteiger partial charge in [0.25, 0.3) is 0 Å². The predicted molar refractivity (Wildman–Crippen MR) is 194 cm³/mol. The summed E-state index contributed by atoms with van der Waals surface area (Å²) in [5, 5.41) is 0. The van der Waals surface area contributed by atoms with Gasteiger partial charge in [0.05, 0.1) is 22.8 Å². The molecule has 4 aromatic heterocycles. The fourth-order valence-electron chi connectivity index (χ4n) is 7.85. The van der Waals surface area contributed by atoms with E-state index in [1.54, 1.807) is 0 Å². The number of fused-ring (bicyclic) bond motifs is 11. The molecule has 5 nitrogen and oxygen atoms in total. The molecular formula is C40H49N5. The number of H-pyrrole nitrogens is 3. The van der Waals surface area contributed by atoms with Gasteiger partial charge in [0.1, 0.15) is 0 Å². The Morgan fingerprint density at radius 3 is 1.09 bits per heavy atom. The maximum atomic E-state index is 5.32. The van der Waals surface area contributed by atoms with Crippen molar-refractivity contribution >= 4 is 55.4 Å². The largest absolute Gasteiger partial charge is 0.355 e. The molecule has 0 aliphatic carbocycles. The first kappa shape index (κ1) is 30.9. The highest BCUT2D eigenvalue weighted by Gasteiger charge is 2.25. The van der Waals surface area contributed by atoms with Crippen LogP contribution in [0.25, 0.3) is 55.4 Å². The lowest BCUT2D eigenvalue weighted by Crippen LogP contribution is -1.88. The number of aryl methyl sites for hydroxylation is 6. The molecule has 0 saturated carbocycles. The van der Waals surface area contributed by atoms with Crippen molar-refractivity contribution in [2.24, 2.45) is 0 Å². The number of hydrogen-bond acceptors (Lipinski definition) is 2. The minimum absolute atomic E-state index is 0.927. The van der Waals surface area contributed by atoms with Crippen LogP contribution < -0.4 is 0 Å². The topological polar surface area (TPSA) is 73.2 Å². The van der Waals surface area contributed by atoms with Crippen LogP contribution in [0.15, 0.2) is 24.3 Å². The zero-order valence-corrected chi connectivity index (χ0v) is 28.9. The number of aromatic amines is 3. The summed E-state index contributed by atoms with van der Waals surface area (Å²) in [7, 11) is 0. The highest BCUT2D eigenvalue weighted by molar-refractivity contribution is 5.99. The maximum Gasteiger partial charge on any atom is 0.0929 e. The van der Waals surface area contributed by atoms with E-state index in [0.29, 0.717) is 0 Å². The number of nitrogens with zero attached hydrogens (tertiary/aromatic N) is 2. The summed E-state index contributed by atoms with van der Waals surface area (Å²) in [5.74, 6) is 0. The molecule has 3 N–H and O–H groups in total. The van der Waals surface area contributed by atoms with E-state index in [4.69, 9.17) is 9.97 Å². The van der Waals surface area contributed by atoms with E-state index in [1.807, 2.05) is 0 Å². The van der Waals surface area contributed by atoms with Crippen LogP contribution in [-0.2, 0) is 25.7 Å². The normalized spacial score (nSPS) is 13.5. The Bertz CT molecular complexity index is 1960. The van der Waals surface area contributed by atoms with E-state index in [-0.39, 0.29) is 0 Å². The molecule has 0 fully saturated rings. The Kier molecular flexibility index (Phi) is 8.24. The van der Waals surface area contributed by atoms with Gasteiger partial charge in [-0.05, 0) is 146 Å². The average Bonchev–Trinajstić information content (AvgIpc) is 3.77. The van der Waals surface area contributed by atoms with Gasteiger partial charge in [-0.25, -0.2) is 9.97 Å². The van der Waals surface area contributed by atoms with Crippen molar-refractivity contribution in [1.29, 1.82) is 0 Å². The minimum atomic E-state index is 0.927. The summed E-state index contributed by atoms with van der Waals surface area (Å²) in [6, 6.07) is 9.21. The van der Waals surface area contributed by atoms with Gasteiger partial charge < -0.3 is 15.0 Å². The molecule has 5 heteroatoms. The number of nitrogens with one attached hydrogen (secondary N) is 3. The van der Waals surface area contributed by atoms with Crippen molar-refractivity contribution < 1.29 is 0 Å². The molecule has 6 heterocycles. The van der Waals surface area contributed by atoms with Crippen LogP contribution in [0, 0.1) is 13.8 Å². The van der Waals surface area contributed by atoms with Crippen LogP contribution in [0.3, 0.4) is 0 Å². The Morgan fingerprint density at radius 2 is 0.756 bits per heavy atom. The second kappa shape index (κ2) is 12.0. The molecule has 4 aromatic rings. The number of aromatic nitrogens is 5. The summed E-state index contributed by atoms with van der Waals surface area (Å²) in [5.41, 5.74) is 24.3. The molecule has 2 aliphatic rings. The standard InChI is InChI=1S/C40H49N5/c1-11-25-21(7)31-17-37-29(15-5)30(16-6)38(43-37)18-32-22(8)26(12-2)34(42-32)20-36-28(14-4)24(10)40(45-36)39-23(9)27(13-3)35(44-39)19-33(25)41-31/h17-20,41-43H,11-16H2,1-10H3. The molecule has 0 aromatic carbocycles. The first-order valence-corrected chi connectivity index (χ1v) is 17.1. The lowest BCUT2D eigenvalue weighted by Gasteiger charge is -2.02. The van der Waals surface area contributed by atoms with Crippen molar-refractivity contribution in [2.45, 2.75) is 108 Å². The van der Waals surface area contributed by atoms with Crippen molar-refractivity contribution in [2.75, 3.05) is 0 Å². The average molecular weight is 600 g/mol. The van der Waals surface area contributed by atoms with E-state index in [0.717, 1.165) is 83.4 Å². The molecule has 0 amide bonds. The number of allylic oxidation sites excluding steroid dienone is 4. The van der Waals surface area contributed by atoms with E-state index >= 15 is 0 Å². The van der Waals surface area contributed by atoms with E-state index < -0.39 is 0 Å². The second-order valence-corrected chi connectivity index (χ2v) is 12.6. The van der Waals surface area contributed by atoms with Crippen LogP contribution in [0.5, 0.6) is 0 Å². The van der Waals surface area contributed by atoms with Gasteiger partial charge in [0.2, 0.25) is 0 Å². The lowest BCUT2D eigenvalue weighted by molar-refractivity contribution is 1.07. The third-order valence-electron chi connectivity index (χ3n) is 10.4. The fourth-order valence-corrected chi connectivity index (χ4v) is 7.85. The van der Waals surface area contributed by atoms with Gasteiger partial charge in [0.15, 0.2) is 0 Å². The van der Waals surface area contributed by atoms with Gasteiger partial charge >= 0.3 is 0 Å². The summed E-state index contributed by atoms with van der Waals surface area (Å²) in [4.78, 5) is 22.1. The molecule has 45 heavy (non-hydrogen) atoms. The zero-order chi connectivity index (χ0) is 32.2. The van der Waals surface area contributed by atoms with Gasteiger partial charge in [-0.2, -0.15) is 0 Å². The lowest BCUT2D eigenvalue weighted by atomic mass is 9.99. The molecular weight excluding hydrogens is 550 g/mol. The van der Waals surface area contributed by atoms with Crippen LogP contribution in [-0.4, -0.2) is 24.9 Å². The Hall–Kier alpha value is -4.12. The Balaban J connectivity index is 1.86. The first-order chi connectivity index (χ1) is 21.7. The van der Waals surface area contributed by atoms with Gasteiger partial charge in [-0.15, -0.1) is 0 Å². The molecule has 2 aliphatic heterocycles. The van der Waals surface area contributed by atoms with Gasteiger partial charge in [0, 0.05) is 33.1 Å². The van der Waals surface area contributed by atoms with Crippen molar-refractivity contribution in [1.82, 2.24) is 24.9 Å². The van der Waals surface area contributed by atoms with Gasteiger partial charge in [-0.1, -0.05) is 41.5 Å². The van der Waals surface area contributed by atoms with Crippen molar-refractivity contribution in [3.8, 4) is 0 Å². The van der Waals surface area contributed by atoms with E-state index in [1.165, 1.54) is 66.7 Å². The van der Waals surface area contributed by atoms with E-state index in [2.05, 4.69) is 108 Å². The predicted octanol–water partition coefficient (Wildman–Crippen LogP) is 10.9. The maximum absolute atomic E-state index is 5.32. The smallest absolute Gasteiger partial charge is 0.0929 e. The van der Waals surface area contributed by atoms with Crippen LogP contribution in [0.2, 0.25) is 0 Å². The first-order valence-electron chi connectivity index (χ1n) is 17.1. The minimum Gasteiger partial charge on any atom is -0.355 e. The van der Waals surface area contributed by atoms with Gasteiger partial charge in [-0.3, -0.25) is 0 Å².